The average Bonchev–Trinajstić information content (AvgIpc) is 2.84. The van der Waals surface area contributed by atoms with Gasteiger partial charge in [-0.3, -0.25) is 15.0 Å². The predicted octanol–water partition coefficient (Wildman–Crippen LogP) is 2.55. The highest BCUT2D eigenvalue weighted by Gasteiger charge is 2.34. The van der Waals surface area contributed by atoms with Crippen LogP contribution in [0.4, 0.5) is 11.4 Å². The Morgan fingerprint density at radius 2 is 1.64 bits per heavy atom. The van der Waals surface area contributed by atoms with Gasteiger partial charge in [0.25, 0.3) is 11.8 Å². The molecule has 0 radical (unpaired) electrons. The highest BCUT2D eigenvalue weighted by atomic mass is 16.3. The molecule has 6 heteroatoms. The van der Waals surface area contributed by atoms with Crippen LogP contribution >= 0.6 is 0 Å². The lowest BCUT2D eigenvalue weighted by Crippen LogP contribution is -2.35. The van der Waals surface area contributed by atoms with Crippen molar-refractivity contribution in [3.05, 3.63) is 70.6 Å². The maximum Gasteiger partial charge on any atom is 0.282 e. The Labute approximate surface area is 126 Å². The summed E-state index contributed by atoms with van der Waals surface area (Å²) in [6.45, 7) is 0. The lowest BCUT2D eigenvalue weighted by Gasteiger charge is -2.13. The third-order valence-corrected chi connectivity index (χ3v) is 3.22. The van der Waals surface area contributed by atoms with E-state index in [0.29, 0.717) is 11.3 Å². The Bertz CT molecular complexity index is 767. The summed E-state index contributed by atoms with van der Waals surface area (Å²) in [7, 11) is 0. The van der Waals surface area contributed by atoms with Crippen molar-refractivity contribution in [2.75, 3.05) is 5.01 Å². The zero-order chi connectivity index (χ0) is 15.5. The number of rotatable bonds is 3. The van der Waals surface area contributed by atoms with E-state index >= 15 is 0 Å². The number of anilines is 1. The lowest BCUT2D eigenvalue weighted by molar-refractivity contribution is -0.117. The normalized spacial score (nSPS) is 16.0. The number of nitroso groups, excluding NO2 is 1. The molecule has 1 saturated heterocycles. The fraction of sp³-hybridized carbons (Fsp3) is 0. The van der Waals surface area contributed by atoms with Crippen LogP contribution in [0.25, 0.3) is 6.08 Å². The van der Waals surface area contributed by atoms with Crippen molar-refractivity contribution >= 4 is 29.3 Å². The molecule has 2 amide bonds. The van der Waals surface area contributed by atoms with E-state index in [0.717, 1.165) is 0 Å². The van der Waals surface area contributed by atoms with Crippen LogP contribution in [-0.4, -0.2) is 11.8 Å². The van der Waals surface area contributed by atoms with Gasteiger partial charge >= 0.3 is 0 Å². The zero-order valence-electron chi connectivity index (χ0n) is 11.4. The molecule has 6 nitrogen and oxygen atoms in total. The number of carbonyl (C=O) groups excluding carboxylic acids is 2. The molecule has 1 aliphatic heterocycles. The van der Waals surface area contributed by atoms with Crippen LogP contribution in [-0.2, 0) is 9.59 Å². The Kier molecular flexibility index (Phi) is 3.49. The Hall–Kier alpha value is -3.28. The Morgan fingerprint density at radius 1 is 0.955 bits per heavy atom. The van der Waals surface area contributed by atoms with Crippen molar-refractivity contribution in [2.45, 2.75) is 0 Å². The second-order valence-corrected chi connectivity index (χ2v) is 4.66. The number of nitrogens with zero attached hydrogens (tertiary/aromatic N) is 2. The van der Waals surface area contributed by atoms with Gasteiger partial charge in [-0.2, -0.15) is 0 Å². The van der Waals surface area contributed by atoms with E-state index in [-0.39, 0.29) is 11.3 Å². The summed E-state index contributed by atoms with van der Waals surface area (Å²) in [6.07, 6.45) is 1.48. The lowest BCUT2D eigenvalue weighted by atomic mass is 10.1. The molecular weight excluding hydrogens is 282 g/mol. The van der Waals surface area contributed by atoms with E-state index in [1.54, 1.807) is 36.4 Å². The summed E-state index contributed by atoms with van der Waals surface area (Å²) in [5.41, 5.74) is 4.07. The standard InChI is InChI=1S/C16H11N3O3/c20-15-14(10-11-6-8-12(18-22)9-7-11)16(21)19(17-15)13-4-2-1-3-5-13/h1-10H,(H,17,20). The van der Waals surface area contributed by atoms with Gasteiger partial charge in [0.2, 0.25) is 0 Å². The highest BCUT2D eigenvalue weighted by Crippen LogP contribution is 2.21. The molecule has 1 aliphatic rings. The second kappa shape index (κ2) is 5.61. The molecule has 108 valence electrons. The van der Waals surface area contributed by atoms with Crippen LogP contribution in [0.1, 0.15) is 5.56 Å². The van der Waals surface area contributed by atoms with E-state index in [2.05, 4.69) is 10.6 Å². The number of amides is 2. The quantitative estimate of drug-likeness (QED) is 0.536. The Balaban J connectivity index is 1.90. The topological polar surface area (TPSA) is 78.8 Å². The molecule has 3 rings (SSSR count). The second-order valence-electron chi connectivity index (χ2n) is 4.66. The first-order valence-corrected chi connectivity index (χ1v) is 6.54. The van der Waals surface area contributed by atoms with Crippen molar-refractivity contribution in [3.63, 3.8) is 0 Å². The summed E-state index contributed by atoms with van der Waals surface area (Å²) in [6, 6.07) is 15.1. The summed E-state index contributed by atoms with van der Waals surface area (Å²) >= 11 is 0. The molecule has 1 fully saturated rings. The predicted molar refractivity (Wildman–Crippen MR) is 81.9 cm³/mol. The van der Waals surface area contributed by atoms with Gasteiger partial charge in [-0.15, -0.1) is 4.91 Å². The van der Waals surface area contributed by atoms with Gasteiger partial charge in [-0.25, -0.2) is 5.01 Å². The van der Waals surface area contributed by atoms with Gasteiger partial charge in [-0.05, 0) is 41.1 Å². The van der Waals surface area contributed by atoms with Crippen LogP contribution in [0.5, 0.6) is 0 Å². The van der Waals surface area contributed by atoms with Crippen molar-refractivity contribution in [1.29, 1.82) is 0 Å². The van der Waals surface area contributed by atoms with E-state index < -0.39 is 11.8 Å². The van der Waals surface area contributed by atoms with Crippen molar-refractivity contribution in [2.24, 2.45) is 5.18 Å². The molecule has 2 aromatic carbocycles. The fourth-order valence-corrected chi connectivity index (χ4v) is 2.11. The van der Waals surface area contributed by atoms with Gasteiger partial charge in [0.15, 0.2) is 0 Å². The SMILES string of the molecule is O=Nc1ccc(C=C2C(=O)NN(c3ccccc3)C2=O)cc1. The first kappa shape index (κ1) is 13.7. The van der Waals surface area contributed by atoms with Gasteiger partial charge in [0, 0.05) is 0 Å². The van der Waals surface area contributed by atoms with Crippen LogP contribution in [0.3, 0.4) is 0 Å². The van der Waals surface area contributed by atoms with Gasteiger partial charge in [-0.1, -0.05) is 30.3 Å². The molecule has 2 aromatic rings. The largest absolute Gasteiger partial charge is 0.282 e. The third-order valence-electron chi connectivity index (χ3n) is 3.22. The molecule has 0 saturated carbocycles. The van der Waals surface area contributed by atoms with E-state index in [9.17, 15) is 14.5 Å². The summed E-state index contributed by atoms with van der Waals surface area (Å²) in [5, 5.41) is 4.00. The van der Waals surface area contributed by atoms with Gasteiger partial charge in [0.1, 0.15) is 11.3 Å². The van der Waals surface area contributed by atoms with Crippen molar-refractivity contribution in [3.8, 4) is 0 Å². The minimum Gasteiger partial charge on any atom is -0.267 e. The summed E-state index contributed by atoms with van der Waals surface area (Å²) in [5.74, 6) is -0.889. The van der Waals surface area contributed by atoms with E-state index in [1.807, 2.05) is 6.07 Å². The monoisotopic (exact) mass is 293 g/mol. The average molecular weight is 293 g/mol. The third kappa shape index (κ3) is 2.49. The van der Waals surface area contributed by atoms with Gasteiger partial charge in [0.05, 0.1) is 5.69 Å². The number of hydrazine groups is 1. The van der Waals surface area contributed by atoms with Crippen molar-refractivity contribution < 1.29 is 9.59 Å². The van der Waals surface area contributed by atoms with Crippen LogP contribution in [0.2, 0.25) is 0 Å². The van der Waals surface area contributed by atoms with E-state index in [4.69, 9.17) is 0 Å². The van der Waals surface area contributed by atoms with Crippen LogP contribution < -0.4 is 10.4 Å². The van der Waals surface area contributed by atoms with Gasteiger partial charge < -0.3 is 0 Å². The van der Waals surface area contributed by atoms with E-state index in [1.165, 1.54) is 23.2 Å². The molecule has 22 heavy (non-hydrogen) atoms. The smallest absolute Gasteiger partial charge is 0.267 e. The summed E-state index contributed by atoms with van der Waals surface area (Å²) < 4.78 is 0. The molecule has 0 spiro atoms. The molecule has 0 aromatic heterocycles. The molecule has 0 aliphatic carbocycles. The number of carbonyl (C=O) groups is 2. The molecular formula is C16H11N3O3. The minimum atomic E-state index is -0.466. The first-order valence-electron chi connectivity index (χ1n) is 6.54. The molecule has 0 bridgehead atoms. The van der Waals surface area contributed by atoms with Crippen LogP contribution in [0, 0.1) is 4.91 Å². The summed E-state index contributed by atoms with van der Waals surface area (Å²) in [4.78, 5) is 34.7. The number of para-hydroxylation sites is 1. The fourth-order valence-electron chi connectivity index (χ4n) is 2.11. The van der Waals surface area contributed by atoms with Crippen LogP contribution in [0.15, 0.2) is 65.3 Å². The number of hydrogen-bond acceptors (Lipinski definition) is 4. The minimum absolute atomic E-state index is 0.0377. The molecule has 0 unspecified atom stereocenters. The zero-order valence-corrected chi connectivity index (χ0v) is 11.4. The number of nitrogens with one attached hydrogen (secondary N) is 1. The molecule has 1 heterocycles. The first-order chi connectivity index (χ1) is 10.7. The number of benzene rings is 2. The maximum atomic E-state index is 12.3. The number of hydrogen-bond donors (Lipinski definition) is 1. The maximum absolute atomic E-state index is 12.3. The Morgan fingerprint density at radius 3 is 2.27 bits per heavy atom. The molecule has 0 atom stereocenters. The van der Waals surface area contributed by atoms with Crippen molar-refractivity contribution in [1.82, 2.24) is 5.43 Å². The highest BCUT2D eigenvalue weighted by molar-refractivity contribution is 6.31. The molecule has 1 N–H and O–H groups in total.